The Labute approximate surface area is 125 Å². The Kier molecular flexibility index (Phi) is 6.30. The summed E-state index contributed by atoms with van der Waals surface area (Å²) in [5.41, 5.74) is 5.60. The predicted octanol–water partition coefficient (Wildman–Crippen LogP) is 2.55. The molecule has 0 bridgehead atoms. The van der Waals surface area contributed by atoms with E-state index in [9.17, 15) is 4.79 Å². The Morgan fingerprint density at radius 2 is 1.95 bits per heavy atom. The molecular weight excluding hydrogens is 276 g/mol. The molecule has 1 aromatic carbocycles. The summed E-state index contributed by atoms with van der Waals surface area (Å²) in [5.74, 6) is 0.771. The highest BCUT2D eigenvalue weighted by molar-refractivity contribution is 6.30. The minimum Gasteiger partial charge on any atom is -0.493 e. The van der Waals surface area contributed by atoms with Gasteiger partial charge >= 0.3 is 0 Å². The van der Waals surface area contributed by atoms with Crippen molar-refractivity contribution in [2.75, 3.05) is 26.7 Å². The normalized spacial score (nSPS) is 11.2. The van der Waals surface area contributed by atoms with Crippen LogP contribution >= 0.6 is 11.6 Å². The van der Waals surface area contributed by atoms with Crippen LogP contribution in [0.15, 0.2) is 24.3 Å². The lowest BCUT2D eigenvalue weighted by Gasteiger charge is -2.29. The Morgan fingerprint density at radius 1 is 1.35 bits per heavy atom. The molecular formula is C15H23ClN2O2. The molecule has 0 aliphatic rings. The van der Waals surface area contributed by atoms with Crippen LogP contribution in [0.5, 0.6) is 5.75 Å². The van der Waals surface area contributed by atoms with E-state index < -0.39 is 0 Å². The molecule has 4 nitrogen and oxygen atoms in total. The molecule has 0 unspecified atom stereocenters. The number of rotatable bonds is 7. The van der Waals surface area contributed by atoms with E-state index in [1.165, 1.54) is 0 Å². The molecule has 0 saturated carbocycles. The van der Waals surface area contributed by atoms with Crippen LogP contribution < -0.4 is 10.5 Å². The molecule has 0 atom stereocenters. The molecule has 1 amide bonds. The van der Waals surface area contributed by atoms with Gasteiger partial charge in [0.05, 0.1) is 13.0 Å². The van der Waals surface area contributed by atoms with Crippen molar-refractivity contribution in [3.63, 3.8) is 0 Å². The van der Waals surface area contributed by atoms with Gasteiger partial charge in [-0.2, -0.15) is 0 Å². The molecule has 0 saturated heterocycles. The second-order valence-corrected chi connectivity index (χ2v) is 6.11. The first-order valence-corrected chi connectivity index (χ1v) is 7.04. The largest absolute Gasteiger partial charge is 0.493 e. The Balaban J connectivity index is 2.34. The van der Waals surface area contributed by atoms with Crippen LogP contribution in [-0.4, -0.2) is 37.6 Å². The van der Waals surface area contributed by atoms with Gasteiger partial charge in [0.15, 0.2) is 0 Å². The number of hydrogen-bond donors (Lipinski definition) is 1. The van der Waals surface area contributed by atoms with E-state index in [1.807, 2.05) is 13.8 Å². The van der Waals surface area contributed by atoms with Crippen molar-refractivity contribution in [2.45, 2.75) is 20.3 Å². The molecule has 2 N–H and O–H groups in total. The van der Waals surface area contributed by atoms with Gasteiger partial charge in [-0.25, -0.2) is 0 Å². The summed E-state index contributed by atoms with van der Waals surface area (Å²) in [5, 5.41) is 0.664. The number of amides is 1. The molecule has 0 spiro atoms. The van der Waals surface area contributed by atoms with Gasteiger partial charge < -0.3 is 15.4 Å². The topological polar surface area (TPSA) is 55.6 Å². The Bertz CT molecular complexity index is 432. The molecule has 0 heterocycles. The summed E-state index contributed by atoms with van der Waals surface area (Å²) in [7, 11) is 1.79. The van der Waals surface area contributed by atoms with Crippen LogP contribution in [-0.2, 0) is 4.79 Å². The third-order valence-corrected chi connectivity index (χ3v) is 3.29. The maximum atomic E-state index is 12.0. The Hall–Kier alpha value is -1.26. The molecule has 0 aliphatic heterocycles. The number of benzene rings is 1. The zero-order valence-electron chi connectivity index (χ0n) is 12.4. The van der Waals surface area contributed by atoms with E-state index in [-0.39, 0.29) is 11.3 Å². The summed E-state index contributed by atoms with van der Waals surface area (Å²) < 4.78 is 5.51. The van der Waals surface area contributed by atoms with Crippen molar-refractivity contribution in [2.24, 2.45) is 11.1 Å². The van der Waals surface area contributed by atoms with Crippen LogP contribution in [0.3, 0.4) is 0 Å². The minimum atomic E-state index is -0.0680. The highest BCUT2D eigenvalue weighted by atomic mass is 35.5. The average Bonchev–Trinajstić information content (AvgIpc) is 2.40. The highest BCUT2D eigenvalue weighted by Crippen LogP contribution is 2.16. The number of nitrogens with zero attached hydrogens (tertiary/aromatic N) is 1. The maximum absolute atomic E-state index is 12.0. The van der Waals surface area contributed by atoms with Crippen LogP contribution in [0.2, 0.25) is 5.02 Å². The zero-order chi connectivity index (χ0) is 15.2. The van der Waals surface area contributed by atoms with Crippen LogP contribution in [0.4, 0.5) is 0 Å². The quantitative estimate of drug-likeness (QED) is 0.841. The van der Waals surface area contributed by atoms with Crippen LogP contribution in [0.1, 0.15) is 20.3 Å². The fourth-order valence-corrected chi connectivity index (χ4v) is 1.90. The number of carbonyl (C=O) groups is 1. The van der Waals surface area contributed by atoms with Crippen molar-refractivity contribution >= 4 is 17.5 Å². The third-order valence-electron chi connectivity index (χ3n) is 3.04. The summed E-state index contributed by atoms with van der Waals surface area (Å²) in [6.07, 6.45) is 0.347. The van der Waals surface area contributed by atoms with Crippen molar-refractivity contribution in [1.82, 2.24) is 4.90 Å². The molecule has 0 aromatic heterocycles. The van der Waals surface area contributed by atoms with Crippen molar-refractivity contribution in [3.05, 3.63) is 29.3 Å². The molecule has 5 heteroatoms. The summed E-state index contributed by atoms with van der Waals surface area (Å²) in [6, 6.07) is 7.09. The predicted molar refractivity (Wildman–Crippen MR) is 82.0 cm³/mol. The summed E-state index contributed by atoms with van der Waals surface area (Å²) in [4.78, 5) is 13.7. The number of carbonyl (C=O) groups excluding carboxylic acids is 1. The van der Waals surface area contributed by atoms with Gasteiger partial charge in [0.2, 0.25) is 5.91 Å². The third kappa shape index (κ3) is 5.80. The molecule has 0 radical (unpaired) electrons. The molecule has 1 rings (SSSR count). The van der Waals surface area contributed by atoms with E-state index in [1.54, 1.807) is 36.2 Å². The first-order chi connectivity index (χ1) is 9.34. The van der Waals surface area contributed by atoms with Crippen LogP contribution in [0, 0.1) is 5.41 Å². The smallest absolute Gasteiger partial charge is 0.225 e. The number of hydrogen-bond acceptors (Lipinski definition) is 3. The van der Waals surface area contributed by atoms with Crippen LogP contribution in [0.25, 0.3) is 0 Å². The van der Waals surface area contributed by atoms with Gasteiger partial charge in [-0.15, -0.1) is 0 Å². The van der Waals surface area contributed by atoms with Crippen molar-refractivity contribution in [3.8, 4) is 5.75 Å². The first kappa shape index (κ1) is 16.8. The lowest BCUT2D eigenvalue weighted by Crippen LogP contribution is -2.40. The fourth-order valence-electron chi connectivity index (χ4n) is 1.77. The number of nitrogens with two attached hydrogens (primary N) is 1. The van der Waals surface area contributed by atoms with Crippen molar-refractivity contribution in [1.29, 1.82) is 0 Å². The number of halogens is 1. The van der Waals surface area contributed by atoms with Crippen molar-refractivity contribution < 1.29 is 9.53 Å². The second-order valence-electron chi connectivity index (χ2n) is 5.67. The summed E-state index contributed by atoms with van der Waals surface area (Å²) in [6.45, 7) is 5.63. The van der Waals surface area contributed by atoms with E-state index in [4.69, 9.17) is 22.1 Å². The molecule has 0 aliphatic carbocycles. The monoisotopic (exact) mass is 298 g/mol. The molecule has 112 valence electrons. The van der Waals surface area contributed by atoms with Gasteiger partial charge in [-0.05, 0) is 36.2 Å². The summed E-state index contributed by atoms with van der Waals surface area (Å²) >= 11 is 5.79. The van der Waals surface area contributed by atoms with Gasteiger partial charge in [0.1, 0.15) is 5.75 Å². The molecule has 0 fully saturated rings. The first-order valence-electron chi connectivity index (χ1n) is 6.66. The zero-order valence-corrected chi connectivity index (χ0v) is 13.1. The lowest BCUT2D eigenvalue weighted by molar-refractivity contribution is -0.131. The van der Waals surface area contributed by atoms with Gasteiger partial charge in [-0.1, -0.05) is 25.4 Å². The fraction of sp³-hybridized carbons (Fsp3) is 0.533. The second kappa shape index (κ2) is 7.50. The number of ether oxygens (including phenoxy) is 1. The van der Waals surface area contributed by atoms with Gasteiger partial charge in [0.25, 0.3) is 0 Å². The van der Waals surface area contributed by atoms with E-state index in [2.05, 4.69) is 0 Å². The Morgan fingerprint density at radius 3 is 2.50 bits per heavy atom. The SMILES string of the molecule is CN(CC(C)(C)CN)C(=O)CCOc1ccc(Cl)cc1. The minimum absolute atomic E-state index is 0.0560. The van der Waals surface area contributed by atoms with E-state index in [0.29, 0.717) is 36.9 Å². The average molecular weight is 299 g/mol. The van der Waals surface area contributed by atoms with Gasteiger partial charge in [0, 0.05) is 18.6 Å². The highest BCUT2D eigenvalue weighted by Gasteiger charge is 2.20. The standard InChI is InChI=1S/C15H23ClN2O2/c1-15(2,10-17)11-18(3)14(19)8-9-20-13-6-4-12(16)5-7-13/h4-7H,8-11,17H2,1-3H3. The van der Waals surface area contributed by atoms with E-state index >= 15 is 0 Å². The van der Waals surface area contributed by atoms with Gasteiger partial charge in [-0.3, -0.25) is 4.79 Å². The lowest BCUT2D eigenvalue weighted by atomic mass is 9.93. The maximum Gasteiger partial charge on any atom is 0.225 e. The molecule has 1 aromatic rings. The van der Waals surface area contributed by atoms with E-state index in [0.717, 1.165) is 0 Å². The molecule has 20 heavy (non-hydrogen) atoms.